The molecule has 2 saturated carbocycles. The Bertz CT molecular complexity index is 1050. The molecule has 2 fully saturated rings. The second-order valence-corrected chi connectivity index (χ2v) is 11.9. The Kier molecular flexibility index (Phi) is 5.25. The smallest absolute Gasteiger partial charge is 0.303 e. The van der Waals surface area contributed by atoms with Crippen LogP contribution in [0.3, 0.4) is 0 Å². The number of hydrogen-bond acceptors (Lipinski definition) is 5. The topological polar surface area (TPSA) is 107 Å². The lowest BCUT2D eigenvalue weighted by atomic mass is 9.43. The first-order chi connectivity index (χ1) is 15.9. The number of phenolic OH excluding ortho intramolecular Hbond substituents is 1. The molecule has 4 aliphatic rings. The molecule has 2 aliphatic heterocycles. The van der Waals surface area contributed by atoms with Crippen molar-refractivity contribution in [1.82, 2.24) is 4.90 Å². The van der Waals surface area contributed by atoms with Gasteiger partial charge in [-0.15, -0.1) is 0 Å². The van der Waals surface area contributed by atoms with Crippen LogP contribution >= 0.6 is 0 Å². The van der Waals surface area contributed by atoms with Crippen LogP contribution in [0.15, 0.2) is 6.07 Å². The number of benzene rings is 1. The Hall–Kier alpha value is -2.28. The number of carbonyl (C=O) groups is 2. The highest BCUT2D eigenvalue weighted by atomic mass is 16.5. The molecule has 0 radical (unpaired) electrons. The number of fused-ring (bicyclic) bond motifs is 5. The molecule has 0 aromatic heterocycles. The van der Waals surface area contributed by atoms with Crippen LogP contribution in [0, 0.1) is 22.7 Å². The molecule has 1 amide bonds. The average Bonchev–Trinajstić information content (AvgIpc) is 3.31. The first-order valence-corrected chi connectivity index (χ1v) is 12.7. The minimum atomic E-state index is -0.873. The number of aliphatic hydroxyl groups excluding tert-OH is 1. The number of carboxylic acid groups (broad SMARTS) is 1. The third-order valence-corrected chi connectivity index (χ3v) is 9.99. The Morgan fingerprint density at radius 2 is 1.94 bits per heavy atom. The lowest BCUT2D eigenvalue weighted by Crippen LogP contribution is -2.66. The van der Waals surface area contributed by atoms with Crippen molar-refractivity contribution in [2.45, 2.75) is 90.9 Å². The molecular weight excluding hydrogens is 434 g/mol. The van der Waals surface area contributed by atoms with Gasteiger partial charge in [0.05, 0.1) is 18.2 Å². The van der Waals surface area contributed by atoms with Crippen LogP contribution in [-0.2, 0) is 17.8 Å². The zero-order chi connectivity index (χ0) is 24.6. The van der Waals surface area contributed by atoms with Crippen LogP contribution in [0.1, 0.15) is 87.7 Å². The average molecular weight is 472 g/mol. The van der Waals surface area contributed by atoms with Crippen LogP contribution in [0.4, 0.5) is 0 Å². The quantitative estimate of drug-likeness (QED) is 0.610. The van der Waals surface area contributed by atoms with Crippen LogP contribution in [-0.4, -0.2) is 50.3 Å². The number of aliphatic hydroxyl groups is 1. The Labute approximate surface area is 201 Å². The van der Waals surface area contributed by atoms with Crippen LogP contribution in [0.2, 0.25) is 0 Å². The van der Waals surface area contributed by atoms with Gasteiger partial charge >= 0.3 is 5.97 Å². The number of carboxylic acids is 1. The zero-order valence-corrected chi connectivity index (χ0v) is 20.7. The second kappa shape index (κ2) is 7.61. The van der Waals surface area contributed by atoms with Crippen LogP contribution in [0.25, 0.3) is 0 Å². The molecule has 0 saturated heterocycles. The van der Waals surface area contributed by atoms with E-state index in [4.69, 9.17) is 9.84 Å². The standard InChI is InChI=1S/C27H37NO6/c1-15-7-8-20-25(2,3)21(30)9-10-26(20,4)27(15)13-17-19(29)12-16-18(23(17)34-27)14-28(24(16)33)11-5-6-22(31)32/h12,15,20-21,29-30H,5-11,13-14H2,1-4H3,(H,31,32)/t15-,20-,21-,26+,27-/m1/s1. The summed E-state index contributed by atoms with van der Waals surface area (Å²) in [6, 6.07) is 1.58. The van der Waals surface area contributed by atoms with Gasteiger partial charge in [-0.2, -0.15) is 0 Å². The Morgan fingerprint density at radius 3 is 2.65 bits per heavy atom. The van der Waals surface area contributed by atoms with E-state index in [9.17, 15) is 19.8 Å². The van der Waals surface area contributed by atoms with Gasteiger partial charge in [-0.3, -0.25) is 9.59 Å². The third kappa shape index (κ3) is 3.05. The van der Waals surface area contributed by atoms with Crippen molar-refractivity contribution in [1.29, 1.82) is 0 Å². The number of aromatic hydroxyl groups is 1. The maximum absolute atomic E-state index is 13.1. The van der Waals surface area contributed by atoms with E-state index in [1.54, 1.807) is 11.0 Å². The summed E-state index contributed by atoms with van der Waals surface area (Å²) in [5, 5.41) is 30.8. The van der Waals surface area contributed by atoms with Gasteiger partial charge in [0.25, 0.3) is 5.91 Å². The molecular formula is C27H37NO6. The number of rotatable bonds is 4. The molecule has 2 heterocycles. The van der Waals surface area contributed by atoms with Crippen molar-refractivity contribution in [2.75, 3.05) is 6.54 Å². The second-order valence-electron chi connectivity index (χ2n) is 11.9. The fourth-order valence-corrected chi connectivity index (χ4v) is 7.93. The van der Waals surface area contributed by atoms with Gasteiger partial charge in [-0.1, -0.05) is 27.7 Å². The van der Waals surface area contributed by atoms with E-state index in [1.807, 2.05) is 0 Å². The van der Waals surface area contributed by atoms with Gasteiger partial charge in [0.1, 0.15) is 17.1 Å². The molecule has 1 aromatic rings. The first kappa shape index (κ1) is 23.5. The number of nitrogens with zero attached hydrogens (tertiary/aromatic N) is 1. The van der Waals surface area contributed by atoms with Gasteiger partial charge in [-0.05, 0) is 55.4 Å². The van der Waals surface area contributed by atoms with Crippen molar-refractivity contribution in [2.24, 2.45) is 22.7 Å². The molecule has 2 aliphatic carbocycles. The van der Waals surface area contributed by atoms with E-state index in [0.29, 0.717) is 43.2 Å². The minimum Gasteiger partial charge on any atom is -0.508 e. The number of carbonyl (C=O) groups excluding carboxylic acids is 1. The fraction of sp³-hybridized carbons (Fsp3) is 0.704. The summed E-state index contributed by atoms with van der Waals surface area (Å²) in [6.07, 6.45) is 4.31. The van der Waals surface area contributed by atoms with E-state index < -0.39 is 11.6 Å². The van der Waals surface area contributed by atoms with E-state index >= 15 is 0 Å². The summed E-state index contributed by atoms with van der Waals surface area (Å²) < 4.78 is 7.00. The van der Waals surface area contributed by atoms with Crippen LogP contribution in [0.5, 0.6) is 11.5 Å². The van der Waals surface area contributed by atoms with Crippen LogP contribution < -0.4 is 4.74 Å². The number of aliphatic carboxylic acids is 1. The van der Waals surface area contributed by atoms with Crippen molar-refractivity contribution in [3.8, 4) is 11.5 Å². The molecule has 5 atom stereocenters. The van der Waals surface area contributed by atoms with E-state index in [2.05, 4.69) is 27.7 Å². The van der Waals surface area contributed by atoms with Crippen molar-refractivity contribution in [3.63, 3.8) is 0 Å². The monoisotopic (exact) mass is 471 g/mol. The highest BCUT2D eigenvalue weighted by Gasteiger charge is 2.67. The molecule has 7 nitrogen and oxygen atoms in total. The molecule has 34 heavy (non-hydrogen) atoms. The highest BCUT2D eigenvalue weighted by molar-refractivity contribution is 6.00. The summed E-state index contributed by atoms with van der Waals surface area (Å²) in [5.41, 5.74) is 1.18. The van der Waals surface area contributed by atoms with Gasteiger partial charge in [0.2, 0.25) is 0 Å². The predicted octanol–water partition coefficient (Wildman–Crippen LogP) is 4.12. The molecule has 1 spiro atoms. The van der Waals surface area contributed by atoms with Gasteiger partial charge in [-0.25, -0.2) is 0 Å². The fourth-order valence-electron chi connectivity index (χ4n) is 7.93. The number of ether oxygens (including phenoxy) is 1. The van der Waals surface area contributed by atoms with Gasteiger partial charge in [0.15, 0.2) is 0 Å². The molecule has 5 rings (SSSR count). The molecule has 1 aromatic carbocycles. The number of amides is 1. The molecule has 0 unspecified atom stereocenters. The largest absolute Gasteiger partial charge is 0.508 e. The van der Waals surface area contributed by atoms with Gasteiger partial charge in [0, 0.05) is 35.9 Å². The number of phenols is 1. The van der Waals surface area contributed by atoms with E-state index in [-0.39, 0.29) is 40.9 Å². The lowest BCUT2D eigenvalue weighted by Gasteiger charge is -2.64. The number of hydrogen-bond donors (Lipinski definition) is 3. The first-order valence-electron chi connectivity index (χ1n) is 12.7. The van der Waals surface area contributed by atoms with Gasteiger partial charge < -0.3 is 25.0 Å². The molecule has 3 N–H and O–H groups in total. The Balaban J connectivity index is 1.52. The summed E-state index contributed by atoms with van der Waals surface area (Å²) >= 11 is 0. The zero-order valence-electron chi connectivity index (χ0n) is 20.7. The van der Waals surface area contributed by atoms with Crippen molar-refractivity contribution in [3.05, 3.63) is 22.8 Å². The minimum absolute atomic E-state index is 0.0159. The highest BCUT2D eigenvalue weighted by Crippen LogP contribution is 2.67. The predicted molar refractivity (Wildman–Crippen MR) is 126 cm³/mol. The summed E-state index contributed by atoms with van der Waals surface area (Å²) in [7, 11) is 0. The molecule has 186 valence electrons. The Morgan fingerprint density at radius 1 is 1.21 bits per heavy atom. The maximum Gasteiger partial charge on any atom is 0.303 e. The molecule has 7 heteroatoms. The van der Waals surface area contributed by atoms with Crippen molar-refractivity contribution < 1.29 is 29.6 Å². The van der Waals surface area contributed by atoms with Crippen molar-refractivity contribution >= 4 is 11.9 Å². The normalized spacial score (nSPS) is 35.6. The van der Waals surface area contributed by atoms with E-state index in [1.165, 1.54) is 0 Å². The lowest BCUT2D eigenvalue weighted by molar-refractivity contribution is -0.210. The summed E-state index contributed by atoms with van der Waals surface area (Å²) in [5.74, 6) is 0.277. The third-order valence-electron chi connectivity index (χ3n) is 9.99. The SMILES string of the molecule is C[C@@H]1CC[C@@H]2C(C)(C)[C@H](O)CC[C@]2(C)[C@@]12Cc1c(O)cc3c(c1O2)CN(CCCC(=O)O)C3=O. The summed E-state index contributed by atoms with van der Waals surface area (Å²) in [6.45, 7) is 9.65. The summed E-state index contributed by atoms with van der Waals surface area (Å²) in [4.78, 5) is 25.6. The van der Waals surface area contributed by atoms with E-state index in [0.717, 1.165) is 36.8 Å². The molecule has 0 bridgehead atoms. The maximum atomic E-state index is 13.1.